The SMILES string of the molecule is CC\C=C/C=C\C=C/CCCCCCCCCC(=O)OC(COC(=O)CCCCC/C=C\C=C/CCCC)COC(=O)CCCCCCCCC/C=C\CCCCCCCCCC. The first-order valence-electron chi connectivity index (χ1n) is 26.5. The molecule has 0 amide bonds. The standard InChI is InChI=1S/C57H98O6/c1-4-7-10-13-16-19-22-24-26-27-28-29-31-32-35-38-41-44-47-50-56(59)62-53-54(52-61-55(58)49-46-43-40-37-34-21-18-15-12-9-6-3)63-57(60)51-48-45-42-39-36-33-30-25-23-20-17-14-11-8-5-2/h8,11,14-15,17-18,20-21,23,27-28,34,54H,4-7,9-10,12-13,16,19,22,24-26,29-33,35-53H2,1-3H3/b11-8-,17-14-,18-15-,23-20-,28-27-,34-21-. The van der Waals surface area contributed by atoms with Crippen molar-refractivity contribution in [2.45, 2.75) is 258 Å². The van der Waals surface area contributed by atoms with Gasteiger partial charge < -0.3 is 14.2 Å². The Morgan fingerprint density at radius 1 is 0.333 bits per heavy atom. The van der Waals surface area contributed by atoms with Gasteiger partial charge in [-0.05, 0) is 83.5 Å². The van der Waals surface area contributed by atoms with Crippen molar-refractivity contribution in [2.75, 3.05) is 13.2 Å². The predicted molar refractivity (Wildman–Crippen MR) is 270 cm³/mol. The van der Waals surface area contributed by atoms with Gasteiger partial charge in [-0.2, -0.15) is 0 Å². The average molecular weight is 879 g/mol. The topological polar surface area (TPSA) is 78.9 Å². The molecular weight excluding hydrogens is 781 g/mol. The average Bonchev–Trinajstić information content (AvgIpc) is 3.28. The number of hydrogen-bond acceptors (Lipinski definition) is 6. The molecule has 0 aliphatic heterocycles. The van der Waals surface area contributed by atoms with E-state index in [1.807, 2.05) is 0 Å². The van der Waals surface area contributed by atoms with Crippen molar-refractivity contribution in [3.05, 3.63) is 72.9 Å². The number of unbranched alkanes of at least 4 members (excludes halogenated alkanes) is 27. The molecule has 0 aromatic heterocycles. The number of esters is 3. The van der Waals surface area contributed by atoms with Gasteiger partial charge in [-0.3, -0.25) is 14.4 Å². The Kier molecular flexibility index (Phi) is 48.9. The Morgan fingerprint density at radius 2 is 0.651 bits per heavy atom. The molecule has 0 aromatic rings. The molecule has 0 N–H and O–H groups in total. The minimum Gasteiger partial charge on any atom is -0.462 e. The molecule has 0 saturated carbocycles. The molecule has 362 valence electrons. The zero-order valence-electron chi connectivity index (χ0n) is 41.3. The van der Waals surface area contributed by atoms with Gasteiger partial charge in [0.2, 0.25) is 0 Å². The van der Waals surface area contributed by atoms with E-state index < -0.39 is 6.10 Å². The summed E-state index contributed by atoms with van der Waals surface area (Å²) in [4.78, 5) is 38.0. The van der Waals surface area contributed by atoms with Crippen LogP contribution in [0.25, 0.3) is 0 Å². The van der Waals surface area contributed by atoms with Crippen LogP contribution in [0.1, 0.15) is 252 Å². The molecule has 0 heterocycles. The van der Waals surface area contributed by atoms with E-state index in [9.17, 15) is 14.4 Å². The molecule has 6 nitrogen and oxygen atoms in total. The van der Waals surface area contributed by atoms with Gasteiger partial charge in [0.05, 0.1) is 0 Å². The third-order valence-electron chi connectivity index (χ3n) is 11.3. The van der Waals surface area contributed by atoms with Gasteiger partial charge in [-0.1, -0.05) is 222 Å². The molecule has 0 saturated heterocycles. The van der Waals surface area contributed by atoms with Crippen molar-refractivity contribution in [3.8, 4) is 0 Å². The number of carbonyl (C=O) groups is 3. The first-order valence-corrected chi connectivity index (χ1v) is 26.5. The highest BCUT2D eigenvalue weighted by molar-refractivity contribution is 5.71. The van der Waals surface area contributed by atoms with Crippen LogP contribution in [0.2, 0.25) is 0 Å². The molecule has 1 atom stereocenters. The predicted octanol–water partition coefficient (Wildman–Crippen LogP) is 17.4. The van der Waals surface area contributed by atoms with Crippen LogP contribution in [0.15, 0.2) is 72.9 Å². The van der Waals surface area contributed by atoms with Crippen molar-refractivity contribution in [1.82, 2.24) is 0 Å². The van der Waals surface area contributed by atoms with E-state index in [4.69, 9.17) is 14.2 Å². The molecule has 0 rings (SSSR count). The van der Waals surface area contributed by atoms with Gasteiger partial charge in [-0.25, -0.2) is 0 Å². The summed E-state index contributed by atoms with van der Waals surface area (Å²) in [6.07, 6.45) is 64.6. The van der Waals surface area contributed by atoms with Crippen molar-refractivity contribution < 1.29 is 28.6 Å². The zero-order chi connectivity index (χ0) is 45.8. The maximum atomic E-state index is 12.8. The minimum atomic E-state index is -0.793. The van der Waals surface area contributed by atoms with Crippen molar-refractivity contribution in [2.24, 2.45) is 0 Å². The van der Waals surface area contributed by atoms with E-state index in [0.717, 1.165) is 83.5 Å². The summed E-state index contributed by atoms with van der Waals surface area (Å²) in [5.41, 5.74) is 0. The van der Waals surface area contributed by atoms with Crippen LogP contribution in [-0.4, -0.2) is 37.2 Å². The van der Waals surface area contributed by atoms with E-state index >= 15 is 0 Å². The zero-order valence-corrected chi connectivity index (χ0v) is 41.3. The number of hydrogen-bond donors (Lipinski definition) is 0. The lowest BCUT2D eigenvalue weighted by Crippen LogP contribution is -2.30. The van der Waals surface area contributed by atoms with Crippen molar-refractivity contribution in [3.63, 3.8) is 0 Å². The van der Waals surface area contributed by atoms with E-state index in [0.29, 0.717) is 19.3 Å². The molecule has 0 spiro atoms. The molecule has 0 radical (unpaired) electrons. The summed E-state index contributed by atoms with van der Waals surface area (Å²) in [6, 6.07) is 0. The highest BCUT2D eigenvalue weighted by Gasteiger charge is 2.19. The molecule has 0 aromatic carbocycles. The molecule has 0 aliphatic carbocycles. The minimum absolute atomic E-state index is 0.0912. The molecular formula is C57H98O6. The van der Waals surface area contributed by atoms with E-state index in [1.165, 1.54) is 128 Å². The molecule has 0 bridgehead atoms. The van der Waals surface area contributed by atoms with Crippen LogP contribution >= 0.6 is 0 Å². The largest absolute Gasteiger partial charge is 0.462 e. The Balaban J connectivity index is 4.37. The fourth-order valence-corrected chi connectivity index (χ4v) is 7.24. The van der Waals surface area contributed by atoms with Crippen LogP contribution < -0.4 is 0 Å². The fourth-order valence-electron chi connectivity index (χ4n) is 7.24. The van der Waals surface area contributed by atoms with E-state index in [-0.39, 0.29) is 31.1 Å². The van der Waals surface area contributed by atoms with E-state index in [1.54, 1.807) is 0 Å². The lowest BCUT2D eigenvalue weighted by atomic mass is 10.1. The smallest absolute Gasteiger partial charge is 0.306 e. The summed E-state index contributed by atoms with van der Waals surface area (Å²) in [5.74, 6) is -0.935. The summed E-state index contributed by atoms with van der Waals surface area (Å²) in [6.45, 7) is 6.42. The highest BCUT2D eigenvalue weighted by Crippen LogP contribution is 2.15. The van der Waals surface area contributed by atoms with Crippen LogP contribution in [0, 0.1) is 0 Å². The number of rotatable bonds is 47. The molecule has 1 unspecified atom stereocenters. The fraction of sp³-hybridized carbons (Fsp3) is 0.737. The van der Waals surface area contributed by atoms with Gasteiger partial charge in [0, 0.05) is 19.3 Å². The van der Waals surface area contributed by atoms with Gasteiger partial charge in [-0.15, -0.1) is 0 Å². The van der Waals surface area contributed by atoms with Gasteiger partial charge in [0.25, 0.3) is 0 Å². The van der Waals surface area contributed by atoms with Crippen LogP contribution in [0.5, 0.6) is 0 Å². The maximum Gasteiger partial charge on any atom is 0.306 e. The monoisotopic (exact) mass is 879 g/mol. The number of allylic oxidation sites excluding steroid dienone is 12. The Morgan fingerprint density at radius 3 is 1.08 bits per heavy atom. The van der Waals surface area contributed by atoms with Crippen LogP contribution in [-0.2, 0) is 28.6 Å². The molecule has 63 heavy (non-hydrogen) atoms. The third-order valence-corrected chi connectivity index (χ3v) is 11.3. The summed E-state index contributed by atoms with van der Waals surface area (Å²) in [7, 11) is 0. The number of ether oxygens (including phenoxy) is 3. The van der Waals surface area contributed by atoms with Crippen molar-refractivity contribution in [1.29, 1.82) is 0 Å². The van der Waals surface area contributed by atoms with Gasteiger partial charge in [0.1, 0.15) is 13.2 Å². The Bertz CT molecular complexity index is 1190. The van der Waals surface area contributed by atoms with Crippen LogP contribution in [0.3, 0.4) is 0 Å². The second-order valence-electron chi connectivity index (χ2n) is 17.5. The maximum absolute atomic E-state index is 12.8. The molecule has 0 aliphatic rings. The lowest BCUT2D eigenvalue weighted by molar-refractivity contribution is -0.167. The number of carbonyl (C=O) groups excluding carboxylic acids is 3. The molecule has 0 fully saturated rings. The Hall–Kier alpha value is -3.15. The third kappa shape index (κ3) is 49.7. The first-order chi connectivity index (χ1) is 31.0. The van der Waals surface area contributed by atoms with Crippen molar-refractivity contribution >= 4 is 17.9 Å². The quantitative estimate of drug-likeness (QED) is 0.0199. The second kappa shape index (κ2) is 51.5. The van der Waals surface area contributed by atoms with E-state index in [2.05, 4.69) is 93.7 Å². The normalized spacial score (nSPS) is 12.6. The molecule has 6 heteroatoms. The first kappa shape index (κ1) is 59.9. The summed E-state index contributed by atoms with van der Waals surface area (Å²) in [5, 5.41) is 0. The summed E-state index contributed by atoms with van der Waals surface area (Å²) < 4.78 is 16.8. The van der Waals surface area contributed by atoms with Gasteiger partial charge in [0.15, 0.2) is 6.10 Å². The highest BCUT2D eigenvalue weighted by atomic mass is 16.6. The lowest BCUT2D eigenvalue weighted by Gasteiger charge is -2.18. The second-order valence-corrected chi connectivity index (χ2v) is 17.5. The Labute approximate surface area is 389 Å². The van der Waals surface area contributed by atoms with Crippen LogP contribution in [0.4, 0.5) is 0 Å². The summed E-state index contributed by atoms with van der Waals surface area (Å²) >= 11 is 0. The van der Waals surface area contributed by atoms with Gasteiger partial charge >= 0.3 is 17.9 Å².